The van der Waals surface area contributed by atoms with Gasteiger partial charge in [0.2, 0.25) is 10.0 Å². The van der Waals surface area contributed by atoms with Crippen LogP contribution in [0.25, 0.3) is 0 Å². The molecule has 0 aromatic heterocycles. The third-order valence-corrected chi connectivity index (χ3v) is 6.29. The first kappa shape index (κ1) is 20.1. The summed E-state index contributed by atoms with van der Waals surface area (Å²) in [6.45, 7) is 6.49. The minimum atomic E-state index is -3.52. The molecule has 5 nitrogen and oxygen atoms in total. The summed E-state index contributed by atoms with van der Waals surface area (Å²) in [5.74, 6) is -0.267. The largest absolute Gasteiger partial charge is 0.322 e. The fourth-order valence-electron chi connectivity index (χ4n) is 2.48. The summed E-state index contributed by atoms with van der Waals surface area (Å²) in [4.78, 5) is 12.6. The molecular weight excluding hydrogens is 348 g/mol. The molecule has 0 heterocycles. The molecule has 2 aromatic carbocycles. The summed E-state index contributed by atoms with van der Waals surface area (Å²) in [6.07, 6.45) is 1.74. The van der Waals surface area contributed by atoms with Crippen molar-refractivity contribution in [1.29, 1.82) is 0 Å². The SMILES string of the molecule is CCCCN(C)S(=O)(=O)c1ccc(C(=O)Nc2ccc(C)c(C)c2)cc1. The number of unbranched alkanes of at least 4 members (excludes halogenated alkanes) is 1. The number of benzene rings is 2. The first-order valence-corrected chi connectivity index (χ1v) is 10.1. The highest BCUT2D eigenvalue weighted by molar-refractivity contribution is 7.89. The zero-order valence-electron chi connectivity index (χ0n) is 15.7. The predicted molar refractivity (Wildman–Crippen MR) is 105 cm³/mol. The van der Waals surface area contributed by atoms with E-state index in [1.54, 1.807) is 7.05 Å². The Morgan fingerprint density at radius 3 is 2.27 bits per heavy atom. The van der Waals surface area contributed by atoms with Crippen LogP contribution in [-0.2, 0) is 10.0 Å². The third-order valence-electron chi connectivity index (χ3n) is 4.42. The first-order chi connectivity index (χ1) is 12.3. The van der Waals surface area contributed by atoms with Gasteiger partial charge < -0.3 is 5.32 Å². The molecular formula is C20H26N2O3S. The molecule has 0 fully saturated rings. The summed E-state index contributed by atoms with van der Waals surface area (Å²) in [6, 6.07) is 11.7. The maximum atomic E-state index is 12.5. The zero-order valence-corrected chi connectivity index (χ0v) is 16.6. The maximum Gasteiger partial charge on any atom is 0.255 e. The minimum absolute atomic E-state index is 0.193. The molecule has 6 heteroatoms. The van der Waals surface area contributed by atoms with Crippen LogP contribution in [0.3, 0.4) is 0 Å². The van der Waals surface area contributed by atoms with Crippen LogP contribution in [0, 0.1) is 13.8 Å². The van der Waals surface area contributed by atoms with E-state index in [4.69, 9.17) is 0 Å². The molecule has 0 aliphatic heterocycles. The Hall–Kier alpha value is -2.18. The molecule has 0 radical (unpaired) electrons. The average molecular weight is 375 g/mol. The minimum Gasteiger partial charge on any atom is -0.322 e. The van der Waals surface area contributed by atoms with E-state index in [1.165, 1.54) is 28.6 Å². The van der Waals surface area contributed by atoms with Crippen molar-refractivity contribution in [2.24, 2.45) is 0 Å². The Bertz CT molecular complexity index is 874. The van der Waals surface area contributed by atoms with Crippen molar-refractivity contribution in [2.75, 3.05) is 18.9 Å². The van der Waals surface area contributed by atoms with Crippen molar-refractivity contribution in [3.63, 3.8) is 0 Å². The van der Waals surface area contributed by atoms with E-state index in [2.05, 4.69) is 5.32 Å². The van der Waals surface area contributed by atoms with Gasteiger partial charge in [0.1, 0.15) is 0 Å². The maximum absolute atomic E-state index is 12.5. The molecule has 2 aromatic rings. The van der Waals surface area contributed by atoms with Crippen LogP contribution in [-0.4, -0.2) is 32.2 Å². The Morgan fingerprint density at radius 1 is 1.04 bits per heavy atom. The first-order valence-electron chi connectivity index (χ1n) is 8.70. The lowest BCUT2D eigenvalue weighted by Crippen LogP contribution is -2.28. The summed E-state index contributed by atoms with van der Waals surface area (Å²) in [5.41, 5.74) is 3.39. The van der Waals surface area contributed by atoms with Gasteiger partial charge >= 0.3 is 0 Å². The molecule has 0 bridgehead atoms. The summed E-state index contributed by atoms with van der Waals surface area (Å²) in [5, 5.41) is 2.84. The number of carbonyl (C=O) groups excluding carboxylic acids is 1. The fraction of sp³-hybridized carbons (Fsp3) is 0.350. The summed E-state index contributed by atoms with van der Waals surface area (Å²) < 4.78 is 26.4. The van der Waals surface area contributed by atoms with E-state index in [9.17, 15) is 13.2 Å². The topological polar surface area (TPSA) is 66.5 Å². The van der Waals surface area contributed by atoms with E-state index in [-0.39, 0.29) is 10.8 Å². The summed E-state index contributed by atoms with van der Waals surface area (Å²) in [7, 11) is -1.95. The molecule has 26 heavy (non-hydrogen) atoms. The van der Waals surface area contributed by atoms with Crippen molar-refractivity contribution >= 4 is 21.6 Å². The number of rotatable bonds is 7. The van der Waals surface area contributed by atoms with E-state index in [0.29, 0.717) is 17.8 Å². The van der Waals surface area contributed by atoms with Crippen LogP contribution in [0.1, 0.15) is 41.3 Å². The number of nitrogens with one attached hydrogen (secondary N) is 1. The van der Waals surface area contributed by atoms with Crippen LogP contribution in [0.4, 0.5) is 5.69 Å². The predicted octanol–water partition coefficient (Wildman–Crippen LogP) is 3.98. The van der Waals surface area contributed by atoms with Gasteiger partial charge in [-0.15, -0.1) is 0 Å². The second kappa shape index (κ2) is 8.47. The van der Waals surface area contributed by atoms with Gasteiger partial charge in [0, 0.05) is 24.8 Å². The van der Waals surface area contributed by atoms with Crippen molar-refractivity contribution < 1.29 is 13.2 Å². The van der Waals surface area contributed by atoms with Gasteiger partial charge in [0.25, 0.3) is 5.91 Å². The molecule has 2 rings (SSSR count). The number of hydrogen-bond donors (Lipinski definition) is 1. The van der Waals surface area contributed by atoms with Gasteiger partial charge in [-0.2, -0.15) is 0 Å². The molecule has 0 saturated heterocycles. The van der Waals surface area contributed by atoms with Crippen LogP contribution in [0.5, 0.6) is 0 Å². The quantitative estimate of drug-likeness (QED) is 0.797. The van der Waals surface area contributed by atoms with Crippen LogP contribution in [0.15, 0.2) is 47.4 Å². The van der Waals surface area contributed by atoms with Crippen molar-refractivity contribution in [3.8, 4) is 0 Å². The number of carbonyl (C=O) groups is 1. The van der Waals surface area contributed by atoms with Crippen molar-refractivity contribution in [1.82, 2.24) is 4.31 Å². The Labute approximate surface area is 156 Å². The Kier molecular flexibility index (Phi) is 6.56. The number of hydrogen-bond acceptors (Lipinski definition) is 3. The van der Waals surface area contributed by atoms with E-state index < -0.39 is 10.0 Å². The molecule has 0 spiro atoms. The van der Waals surface area contributed by atoms with Crippen LogP contribution < -0.4 is 5.32 Å². The van der Waals surface area contributed by atoms with Gasteiger partial charge in [0.15, 0.2) is 0 Å². The number of sulfonamides is 1. The molecule has 1 N–H and O–H groups in total. The Balaban J connectivity index is 2.13. The summed E-state index contributed by atoms with van der Waals surface area (Å²) >= 11 is 0. The lowest BCUT2D eigenvalue weighted by atomic mass is 10.1. The smallest absolute Gasteiger partial charge is 0.255 e. The van der Waals surface area contributed by atoms with Gasteiger partial charge in [0.05, 0.1) is 4.90 Å². The standard InChI is InChI=1S/C20H26N2O3S/c1-5-6-13-22(4)26(24,25)19-11-8-17(9-12-19)20(23)21-18-10-7-15(2)16(3)14-18/h7-12,14H,5-6,13H2,1-4H3,(H,21,23). The second-order valence-electron chi connectivity index (χ2n) is 6.46. The molecule has 0 aliphatic carbocycles. The van der Waals surface area contributed by atoms with Crippen molar-refractivity contribution in [2.45, 2.75) is 38.5 Å². The van der Waals surface area contributed by atoms with Crippen LogP contribution in [0.2, 0.25) is 0 Å². The molecule has 0 atom stereocenters. The van der Waals surface area contributed by atoms with Crippen LogP contribution >= 0.6 is 0 Å². The molecule has 0 saturated carbocycles. The number of anilines is 1. The molecule has 1 amide bonds. The average Bonchev–Trinajstić information content (AvgIpc) is 2.62. The fourth-order valence-corrected chi connectivity index (χ4v) is 3.69. The highest BCUT2D eigenvalue weighted by Crippen LogP contribution is 2.18. The molecule has 0 aliphatic rings. The van der Waals surface area contributed by atoms with Crippen molar-refractivity contribution in [3.05, 3.63) is 59.2 Å². The van der Waals surface area contributed by atoms with E-state index in [1.807, 2.05) is 39.0 Å². The monoisotopic (exact) mass is 374 g/mol. The van der Waals surface area contributed by atoms with E-state index >= 15 is 0 Å². The molecule has 140 valence electrons. The normalized spacial score (nSPS) is 11.6. The van der Waals surface area contributed by atoms with Gasteiger partial charge in [-0.05, 0) is 67.8 Å². The highest BCUT2D eigenvalue weighted by Gasteiger charge is 2.20. The van der Waals surface area contributed by atoms with Gasteiger partial charge in [-0.3, -0.25) is 4.79 Å². The third kappa shape index (κ3) is 4.71. The second-order valence-corrected chi connectivity index (χ2v) is 8.50. The molecule has 0 unspecified atom stereocenters. The van der Waals surface area contributed by atoms with Gasteiger partial charge in [-0.1, -0.05) is 19.4 Å². The van der Waals surface area contributed by atoms with E-state index in [0.717, 1.165) is 24.0 Å². The lowest BCUT2D eigenvalue weighted by Gasteiger charge is -2.17. The zero-order chi connectivity index (χ0) is 19.3. The highest BCUT2D eigenvalue weighted by atomic mass is 32.2. The lowest BCUT2D eigenvalue weighted by molar-refractivity contribution is 0.102. The Morgan fingerprint density at radius 2 is 1.69 bits per heavy atom. The number of aryl methyl sites for hydroxylation is 2. The number of amides is 1. The number of nitrogens with zero attached hydrogens (tertiary/aromatic N) is 1. The van der Waals surface area contributed by atoms with Gasteiger partial charge in [-0.25, -0.2) is 12.7 Å².